The highest BCUT2D eigenvalue weighted by molar-refractivity contribution is 7.89. The molecular weight excluding hydrogens is 457 g/mol. The van der Waals surface area contributed by atoms with E-state index in [9.17, 15) is 17.6 Å². The number of rotatable bonds is 3. The Kier molecular flexibility index (Phi) is 6.07. The third-order valence-corrected chi connectivity index (χ3v) is 8.04. The van der Waals surface area contributed by atoms with Crippen LogP contribution in [-0.2, 0) is 14.8 Å². The minimum absolute atomic E-state index is 0.0443. The molecule has 176 valence electrons. The number of carbonyl (C=O) groups is 1. The molecule has 2 heterocycles. The Morgan fingerprint density at radius 1 is 0.941 bits per heavy atom. The van der Waals surface area contributed by atoms with Gasteiger partial charge in [0, 0.05) is 19.6 Å². The van der Waals surface area contributed by atoms with Gasteiger partial charge in [0.1, 0.15) is 18.2 Å². The highest BCUT2D eigenvalue weighted by Gasteiger charge is 2.36. The molecular formula is C25H24FN3O4S. The van der Waals surface area contributed by atoms with Crippen molar-refractivity contribution in [2.24, 2.45) is 0 Å². The average molecular weight is 482 g/mol. The molecule has 0 aromatic heterocycles. The summed E-state index contributed by atoms with van der Waals surface area (Å²) in [7, 11) is -3.79. The van der Waals surface area contributed by atoms with E-state index < -0.39 is 15.8 Å². The third-order valence-electron chi connectivity index (χ3n) is 6.16. The number of benzene rings is 3. The SMILES string of the molecule is O=C1CN2CCN(S(=O)(=O)c3ccc(F)cc3)C[C@H]2COc2ccc(-c3ccccc3)cc2N1. The van der Waals surface area contributed by atoms with Gasteiger partial charge in [-0.15, -0.1) is 0 Å². The maximum absolute atomic E-state index is 13.3. The van der Waals surface area contributed by atoms with Crippen molar-refractivity contribution in [2.75, 3.05) is 38.1 Å². The molecule has 1 fully saturated rings. The Balaban J connectivity index is 1.38. The highest BCUT2D eigenvalue weighted by Crippen LogP contribution is 2.32. The van der Waals surface area contributed by atoms with Crippen LogP contribution in [0.5, 0.6) is 5.75 Å². The molecule has 3 aromatic carbocycles. The van der Waals surface area contributed by atoms with Crippen LogP contribution in [0.1, 0.15) is 0 Å². The van der Waals surface area contributed by atoms with Gasteiger partial charge >= 0.3 is 0 Å². The standard InChI is InChI=1S/C25H24FN3O4S/c26-20-7-9-22(10-8-20)34(31,32)29-13-12-28-16-25(30)27-23-14-19(18-4-2-1-3-5-18)6-11-24(23)33-17-21(28)15-29/h1-11,14,21H,12-13,15-17H2,(H,27,30)/t21-/m0/s1. The number of nitrogens with zero attached hydrogens (tertiary/aromatic N) is 2. The molecule has 0 radical (unpaired) electrons. The molecule has 1 atom stereocenters. The van der Waals surface area contributed by atoms with Crippen molar-refractivity contribution in [2.45, 2.75) is 10.9 Å². The fourth-order valence-electron chi connectivity index (χ4n) is 4.33. The monoisotopic (exact) mass is 481 g/mol. The molecule has 0 saturated carbocycles. The molecule has 1 saturated heterocycles. The molecule has 0 bridgehead atoms. The van der Waals surface area contributed by atoms with Crippen molar-refractivity contribution >= 4 is 21.6 Å². The number of nitrogens with one attached hydrogen (secondary N) is 1. The van der Waals surface area contributed by atoms with Gasteiger partial charge in [-0.1, -0.05) is 36.4 Å². The number of fused-ring (bicyclic) bond motifs is 2. The molecule has 0 unspecified atom stereocenters. The molecule has 34 heavy (non-hydrogen) atoms. The number of hydrogen-bond acceptors (Lipinski definition) is 5. The first-order valence-electron chi connectivity index (χ1n) is 11.0. The lowest BCUT2D eigenvalue weighted by atomic mass is 10.0. The zero-order chi connectivity index (χ0) is 23.7. The van der Waals surface area contributed by atoms with Crippen LogP contribution in [0.2, 0.25) is 0 Å². The lowest BCUT2D eigenvalue weighted by Crippen LogP contribution is -2.57. The van der Waals surface area contributed by atoms with Crippen LogP contribution in [0.25, 0.3) is 11.1 Å². The van der Waals surface area contributed by atoms with E-state index in [4.69, 9.17) is 4.74 Å². The van der Waals surface area contributed by atoms with E-state index in [0.717, 1.165) is 23.3 Å². The first kappa shape index (κ1) is 22.5. The van der Waals surface area contributed by atoms with Gasteiger partial charge in [-0.25, -0.2) is 12.8 Å². The number of anilines is 1. The van der Waals surface area contributed by atoms with Crippen molar-refractivity contribution in [1.29, 1.82) is 0 Å². The van der Waals surface area contributed by atoms with Crippen LogP contribution >= 0.6 is 0 Å². The molecule has 2 aliphatic heterocycles. The van der Waals surface area contributed by atoms with Gasteiger partial charge < -0.3 is 10.1 Å². The van der Waals surface area contributed by atoms with Crippen LogP contribution < -0.4 is 10.1 Å². The summed E-state index contributed by atoms with van der Waals surface area (Å²) < 4.78 is 46.9. The summed E-state index contributed by atoms with van der Waals surface area (Å²) in [5.74, 6) is -0.140. The fourth-order valence-corrected chi connectivity index (χ4v) is 5.80. The van der Waals surface area contributed by atoms with Gasteiger partial charge in [0.2, 0.25) is 15.9 Å². The van der Waals surface area contributed by atoms with E-state index in [0.29, 0.717) is 18.0 Å². The largest absolute Gasteiger partial charge is 0.490 e. The van der Waals surface area contributed by atoms with Gasteiger partial charge in [-0.05, 0) is 47.5 Å². The van der Waals surface area contributed by atoms with Crippen molar-refractivity contribution in [1.82, 2.24) is 9.21 Å². The normalized spacial score (nSPS) is 19.6. The van der Waals surface area contributed by atoms with Crippen LogP contribution in [0, 0.1) is 5.82 Å². The molecule has 5 rings (SSSR count). The summed E-state index contributed by atoms with van der Waals surface area (Å²) in [5, 5.41) is 2.95. The van der Waals surface area contributed by atoms with E-state index in [1.165, 1.54) is 16.4 Å². The number of piperazine rings is 1. The van der Waals surface area contributed by atoms with Gasteiger partial charge in [0.05, 0.1) is 23.2 Å². The van der Waals surface area contributed by atoms with E-state index in [2.05, 4.69) is 5.32 Å². The molecule has 1 N–H and O–H groups in total. The van der Waals surface area contributed by atoms with E-state index in [-0.39, 0.29) is 43.1 Å². The van der Waals surface area contributed by atoms with Gasteiger partial charge in [0.15, 0.2) is 0 Å². The first-order chi connectivity index (χ1) is 16.4. The number of sulfonamides is 1. The van der Waals surface area contributed by atoms with E-state index in [1.807, 2.05) is 53.4 Å². The number of halogens is 1. The van der Waals surface area contributed by atoms with Crippen LogP contribution in [0.3, 0.4) is 0 Å². The number of ether oxygens (including phenoxy) is 1. The highest BCUT2D eigenvalue weighted by atomic mass is 32.2. The zero-order valence-corrected chi connectivity index (χ0v) is 19.2. The minimum Gasteiger partial charge on any atom is -0.490 e. The second kappa shape index (κ2) is 9.17. The van der Waals surface area contributed by atoms with Crippen LogP contribution in [0.15, 0.2) is 77.7 Å². The Labute approximate surface area is 197 Å². The number of hydrogen-bond donors (Lipinski definition) is 1. The summed E-state index contributed by atoms with van der Waals surface area (Å²) in [4.78, 5) is 14.8. The van der Waals surface area contributed by atoms with Crippen LogP contribution in [0.4, 0.5) is 10.1 Å². The zero-order valence-electron chi connectivity index (χ0n) is 18.4. The summed E-state index contributed by atoms with van der Waals surface area (Å²) >= 11 is 0. The molecule has 7 nitrogen and oxygen atoms in total. The van der Waals surface area contributed by atoms with Gasteiger partial charge in [-0.2, -0.15) is 4.31 Å². The molecule has 0 spiro atoms. The Morgan fingerprint density at radius 2 is 1.71 bits per heavy atom. The van der Waals surface area contributed by atoms with E-state index in [1.54, 1.807) is 0 Å². The third kappa shape index (κ3) is 4.54. The summed E-state index contributed by atoms with van der Waals surface area (Å²) in [6.07, 6.45) is 0. The number of carbonyl (C=O) groups excluding carboxylic acids is 1. The Morgan fingerprint density at radius 3 is 2.47 bits per heavy atom. The maximum Gasteiger partial charge on any atom is 0.243 e. The fraction of sp³-hybridized carbons (Fsp3) is 0.240. The molecule has 2 aliphatic rings. The molecule has 0 aliphatic carbocycles. The predicted octanol–water partition coefficient (Wildman–Crippen LogP) is 3.20. The Hall–Kier alpha value is -3.27. The van der Waals surface area contributed by atoms with Crippen molar-refractivity contribution in [3.63, 3.8) is 0 Å². The molecule has 1 amide bonds. The molecule has 9 heteroatoms. The Bertz CT molecular complexity index is 1300. The van der Waals surface area contributed by atoms with Crippen molar-refractivity contribution < 1.29 is 22.3 Å². The lowest BCUT2D eigenvalue weighted by Gasteiger charge is -2.39. The first-order valence-corrected chi connectivity index (χ1v) is 12.5. The minimum atomic E-state index is -3.79. The topological polar surface area (TPSA) is 79.0 Å². The lowest BCUT2D eigenvalue weighted by molar-refractivity contribution is -0.118. The summed E-state index contributed by atoms with van der Waals surface area (Å²) in [6.45, 7) is 1.14. The second-order valence-corrected chi connectivity index (χ2v) is 10.3. The van der Waals surface area contributed by atoms with Crippen LogP contribution in [-0.4, -0.2) is 62.4 Å². The smallest absolute Gasteiger partial charge is 0.243 e. The van der Waals surface area contributed by atoms with Gasteiger partial charge in [0.25, 0.3) is 0 Å². The summed E-state index contributed by atoms with van der Waals surface area (Å²) in [6, 6.07) is 20.0. The van der Waals surface area contributed by atoms with Gasteiger partial charge in [-0.3, -0.25) is 9.69 Å². The quantitative estimate of drug-likeness (QED) is 0.622. The van der Waals surface area contributed by atoms with Crippen molar-refractivity contribution in [3.05, 3.63) is 78.6 Å². The number of amides is 1. The van der Waals surface area contributed by atoms with Crippen molar-refractivity contribution in [3.8, 4) is 16.9 Å². The second-order valence-electron chi connectivity index (χ2n) is 8.38. The maximum atomic E-state index is 13.3. The average Bonchev–Trinajstić information content (AvgIpc) is 2.91. The van der Waals surface area contributed by atoms with E-state index >= 15 is 0 Å². The summed E-state index contributed by atoms with van der Waals surface area (Å²) in [5.41, 5.74) is 2.57. The predicted molar refractivity (Wildman–Crippen MR) is 127 cm³/mol. The molecule has 3 aromatic rings.